The van der Waals surface area contributed by atoms with Gasteiger partial charge < -0.3 is 15.5 Å². The molecule has 4 nitrogen and oxygen atoms in total. The van der Waals surface area contributed by atoms with Crippen LogP contribution >= 0.6 is 11.8 Å². The Morgan fingerprint density at radius 3 is 2.71 bits per heavy atom. The average Bonchev–Trinajstić information content (AvgIpc) is 2.37. The molecule has 1 aliphatic rings. The van der Waals surface area contributed by atoms with Crippen molar-refractivity contribution >= 4 is 17.7 Å². The maximum Gasteiger partial charge on any atom is 0.191 e. The number of aliphatic imine (C=N–C) groups is 1. The number of unbranched alkanes of at least 4 members (excludes halogenated alkanes) is 1. The molecule has 0 aromatic heterocycles. The second-order valence-electron chi connectivity index (χ2n) is 4.50. The Hall–Kier alpha value is -0.420. The van der Waals surface area contributed by atoms with Gasteiger partial charge in [0, 0.05) is 31.1 Å². The van der Waals surface area contributed by atoms with Crippen molar-refractivity contribution in [2.75, 3.05) is 51.3 Å². The monoisotopic (exact) mass is 258 g/mol. The molecular weight excluding hydrogens is 232 g/mol. The van der Waals surface area contributed by atoms with E-state index in [2.05, 4.69) is 28.8 Å². The van der Waals surface area contributed by atoms with E-state index in [0.29, 0.717) is 0 Å². The Balaban J connectivity index is 2.17. The number of rotatable bonds is 6. The van der Waals surface area contributed by atoms with Gasteiger partial charge in [-0.2, -0.15) is 11.8 Å². The lowest BCUT2D eigenvalue weighted by atomic mass is 10.3. The molecule has 5 heteroatoms. The van der Waals surface area contributed by atoms with Crippen molar-refractivity contribution in [1.82, 2.24) is 9.80 Å². The topological polar surface area (TPSA) is 44.9 Å². The summed E-state index contributed by atoms with van der Waals surface area (Å²) in [4.78, 5) is 8.99. The smallest absolute Gasteiger partial charge is 0.191 e. The highest BCUT2D eigenvalue weighted by Crippen LogP contribution is 2.08. The van der Waals surface area contributed by atoms with Gasteiger partial charge in [-0.05, 0) is 20.0 Å². The van der Waals surface area contributed by atoms with E-state index in [1.165, 1.54) is 24.3 Å². The molecule has 0 amide bonds. The Morgan fingerprint density at radius 1 is 1.35 bits per heavy atom. The second-order valence-corrected chi connectivity index (χ2v) is 5.72. The lowest BCUT2D eigenvalue weighted by Gasteiger charge is -2.27. The zero-order valence-corrected chi connectivity index (χ0v) is 12.0. The third-order valence-corrected chi connectivity index (χ3v) is 3.93. The molecular formula is C12H26N4S. The third-order valence-electron chi connectivity index (χ3n) is 2.98. The Labute approximate surface area is 110 Å². The number of thioether (sulfide) groups is 1. The van der Waals surface area contributed by atoms with Crippen molar-refractivity contribution in [2.45, 2.75) is 19.8 Å². The quantitative estimate of drug-likeness (QED) is 0.572. The summed E-state index contributed by atoms with van der Waals surface area (Å²) in [5.41, 5.74) is 5.98. The number of nitrogens with two attached hydrogens (primary N) is 1. The van der Waals surface area contributed by atoms with Gasteiger partial charge in [-0.15, -0.1) is 0 Å². The summed E-state index contributed by atoms with van der Waals surface area (Å²) in [5, 5.41) is 0. The number of hydrogen-bond donors (Lipinski definition) is 1. The van der Waals surface area contributed by atoms with E-state index >= 15 is 0 Å². The van der Waals surface area contributed by atoms with E-state index in [0.717, 1.165) is 38.7 Å². The number of nitrogens with zero attached hydrogens (tertiary/aromatic N) is 3. The molecule has 0 aromatic carbocycles. The molecule has 1 fully saturated rings. The Bertz CT molecular complexity index is 227. The predicted molar refractivity (Wildman–Crippen MR) is 77.8 cm³/mol. The first-order valence-electron chi connectivity index (χ1n) is 6.55. The normalized spacial score (nSPS) is 17.8. The number of likely N-dealkylation sites (N-methyl/N-ethyl adjacent to an activating group) is 1. The van der Waals surface area contributed by atoms with E-state index in [1.807, 2.05) is 11.8 Å². The molecule has 1 saturated heterocycles. The molecule has 100 valence electrons. The van der Waals surface area contributed by atoms with Gasteiger partial charge in [0.15, 0.2) is 5.96 Å². The van der Waals surface area contributed by atoms with Crippen LogP contribution < -0.4 is 5.73 Å². The number of guanidine groups is 1. The summed E-state index contributed by atoms with van der Waals surface area (Å²) in [6.45, 7) is 7.29. The van der Waals surface area contributed by atoms with Gasteiger partial charge in [-0.3, -0.25) is 4.99 Å². The van der Waals surface area contributed by atoms with Crippen LogP contribution in [0.3, 0.4) is 0 Å². The lowest BCUT2D eigenvalue weighted by molar-refractivity contribution is 0.336. The summed E-state index contributed by atoms with van der Waals surface area (Å²) >= 11 is 1.99. The molecule has 0 aliphatic carbocycles. The van der Waals surface area contributed by atoms with Crippen LogP contribution in [0.15, 0.2) is 4.99 Å². The van der Waals surface area contributed by atoms with Gasteiger partial charge in [0.1, 0.15) is 0 Å². The van der Waals surface area contributed by atoms with Gasteiger partial charge in [-0.1, -0.05) is 13.3 Å². The van der Waals surface area contributed by atoms with Crippen molar-refractivity contribution in [2.24, 2.45) is 10.7 Å². The second kappa shape index (κ2) is 8.64. The van der Waals surface area contributed by atoms with Crippen molar-refractivity contribution in [3.05, 3.63) is 0 Å². The first-order chi connectivity index (χ1) is 8.24. The minimum absolute atomic E-state index is 0.731. The number of hydrogen-bond acceptors (Lipinski definition) is 3. The van der Waals surface area contributed by atoms with E-state index in [4.69, 9.17) is 5.73 Å². The fraction of sp³-hybridized carbons (Fsp3) is 0.917. The van der Waals surface area contributed by atoms with E-state index < -0.39 is 0 Å². The van der Waals surface area contributed by atoms with Crippen molar-refractivity contribution in [3.63, 3.8) is 0 Å². The fourth-order valence-corrected chi connectivity index (χ4v) is 2.67. The maximum absolute atomic E-state index is 5.98. The minimum Gasteiger partial charge on any atom is -0.370 e. The molecule has 0 saturated carbocycles. The summed E-state index contributed by atoms with van der Waals surface area (Å²) in [5.74, 6) is 3.08. The molecule has 0 bridgehead atoms. The van der Waals surface area contributed by atoms with Crippen LogP contribution in [0, 0.1) is 0 Å². The highest BCUT2D eigenvalue weighted by molar-refractivity contribution is 7.99. The fourth-order valence-electron chi connectivity index (χ4n) is 1.77. The first kappa shape index (κ1) is 14.6. The minimum atomic E-state index is 0.731. The van der Waals surface area contributed by atoms with Crippen molar-refractivity contribution < 1.29 is 0 Å². The molecule has 0 radical (unpaired) electrons. The van der Waals surface area contributed by atoms with Crippen LogP contribution in [0.25, 0.3) is 0 Å². The highest BCUT2D eigenvalue weighted by Gasteiger charge is 2.11. The summed E-state index contributed by atoms with van der Waals surface area (Å²) in [6.07, 6.45) is 2.51. The van der Waals surface area contributed by atoms with E-state index in [9.17, 15) is 0 Å². The van der Waals surface area contributed by atoms with Crippen molar-refractivity contribution in [3.8, 4) is 0 Å². The van der Waals surface area contributed by atoms with E-state index in [-0.39, 0.29) is 0 Å². The third kappa shape index (κ3) is 6.17. The predicted octanol–water partition coefficient (Wildman–Crippen LogP) is 1.08. The maximum atomic E-state index is 5.98. The van der Waals surface area contributed by atoms with Crippen LogP contribution in [0.2, 0.25) is 0 Å². The molecule has 0 spiro atoms. The van der Waals surface area contributed by atoms with Gasteiger partial charge in [-0.25, -0.2) is 0 Å². The standard InChI is InChI=1S/C12H26N4S/c1-3-4-6-15(2)7-5-14-12(13)16-8-10-17-11-9-16/h3-11H2,1-2H3,(H2,13,14). The van der Waals surface area contributed by atoms with Gasteiger partial charge >= 0.3 is 0 Å². The van der Waals surface area contributed by atoms with Gasteiger partial charge in [0.25, 0.3) is 0 Å². The Kier molecular flexibility index (Phi) is 7.44. The van der Waals surface area contributed by atoms with Gasteiger partial charge in [0.2, 0.25) is 0 Å². The molecule has 0 aromatic rings. The van der Waals surface area contributed by atoms with Crippen LogP contribution in [-0.4, -0.2) is 67.0 Å². The largest absolute Gasteiger partial charge is 0.370 e. The SMILES string of the molecule is CCCCN(C)CCN=C(N)N1CCSCC1. The molecule has 1 aliphatic heterocycles. The zero-order chi connectivity index (χ0) is 12.5. The molecule has 2 N–H and O–H groups in total. The highest BCUT2D eigenvalue weighted by atomic mass is 32.2. The van der Waals surface area contributed by atoms with Crippen molar-refractivity contribution in [1.29, 1.82) is 0 Å². The van der Waals surface area contributed by atoms with Crippen LogP contribution in [0.1, 0.15) is 19.8 Å². The van der Waals surface area contributed by atoms with Crippen LogP contribution in [0.4, 0.5) is 0 Å². The lowest BCUT2D eigenvalue weighted by Crippen LogP contribution is -2.43. The zero-order valence-electron chi connectivity index (χ0n) is 11.2. The van der Waals surface area contributed by atoms with E-state index in [1.54, 1.807) is 0 Å². The summed E-state index contributed by atoms with van der Waals surface area (Å²) < 4.78 is 0. The first-order valence-corrected chi connectivity index (χ1v) is 7.70. The molecule has 0 unspecified atom stereocenters. The summed E-state index contributed by atoms with van der Waals surface area (Å²) in [7, 11) is 2.15. The molecule has 0 atom stereocenters. The molecule has 1 heterocycles. The van der Waals surface area contributed by atoms with Crippen LogP contribution in [0.5, 0.6) is 0 Å². The van der Waals surface area contributed by atoms with Gasteiger partial charge in [0.05, 0.1) is 6.54 Å². The molecule has 17 heavy (non-hydrogen) atoms. The molecule has 1 rings (SSSR count). The average molecular weight is 258 g/mol. The summed E-state index contributed by atoms with van der Waals surface area (Å²) in [6, 6.07) is 0. The van der Waals surface area contributed by atoms with Crippen LogP contribution in [-0.2, 0) is 0 Å². The Morgan fingerprint density at radius 2 is 2.06 bits per heavy atom.